The van der Waals surface area contributed by atoms with Gasteiger partial charge in [0.2, 0.25) is 0 Å². The molecule has 1 rings (SSSR count). The zero-order valence-corrected chi connectivity index (χ0v) is 12.6. The van der Waals surface area contributed by atoms with Gasteiger partial charge in [-0.15, -0.1) is 0 Å². The molecule has 1 aromatic rings. The third-order valence-corrected chi connectivity index (χ3v) is 5.32. The van der Waals surface area contributed by atoms with E-state index >= 15 is 0 Å². The minimum absolute atomic E-state index is 0.205. The van der Waals surface area contributed by atoms with Crippen molar-refractivity contribution >= 4 is 79.4 Å². The molecule has 0 aliphatic heterocycles. The molecule has 0 aliphatic rings. The topological polar surface area (TPSA) is 63.3 Å². The molecule has 0 fully saturated rings. The molecular weight excluding hydrogens is 511 g/mol. The van der Waals surface area contributed by atoms with E-state index in [1.54, 1.807) is 0 Å². The Bertz CT molecular complexity index is 352. The van der Waals surface area contributed by atoms with Gasteiger partial charge in [-0.2, -0.15) is 0 Å². The molecule has 0 atom stereocenters. The van der Waals surface area contributed by atoms with E-state index in [1.165, 1.54) is 0 Å². The Hall–Kier alpha value is 0.680. The number of aromatic carboxylic acids is 1. The van der Waals surface area contributed by atoms with Crippen LogP contribution < -0.4 is 5.73 Å². The van der Waals surface area contributed by atoms with Crippen molar-refractivity contribution in [1.82, 2.24) is 0 Å². The van der Waals surface area contributed by atoms with Gasteiger partial charge in [0, 0.05) is 10.7 Å². The van der Waals surface area contributed by atoms with Crippen LogP contribution in [-0.4, -0.2) is 11.1 Å². The standard InChI is InChI=1S/C7H4I3NO2/c8-2-1-3(9)6(11)4(5(2)10)7(12)13/h1H,11H2,(H,12,13). The minimum atomic E-state index is -0.974. The molecule has 0 saturated heterocycles. The summed E-state index contributed by atoms with van der Waals surface area (Å²) < 4.78 is 2.39. The van der Waals surface area contributed by atoms with Crippen molar-refractivity contribution in [3.05, 3.63) is 22.3 Å². The number of benzene rings is 1. The molecule has 6 heteroatoms. The fourth-order valence-electron chi connectivity index (χ4n) is 0.819. The highest BCUT2D eigenvalue weighted by atomic mass is 127. The molecule has 0 aliphatic carbocycles. The van der Waals surface area contributed by atoms with Crippen LogP contribution in [0.4, 0.5) is 5.69 Å². The Kier molecular flexibility index (Phi) is 4.04. The second kappa shape index (κ2) is 4.47. The molecule has 0 radical (unpaired) electrons. The van der Waals surface area contributed by atoms with Crippen molar-refractivity contribution in [1.29, 1.82) is 0 Å². The molecule has 3 N–H and O–H groups in total. The van der Waals surface area contributed by atoms with E-state index in [9.17, 15) is 4.79 Å². The van der Waals surface area contributed by atoms with Gasteiger partial charge in [-0.1, -0.05) is 0 Å². The maximum atomic E-state index is 10.9. The van der Waals surface area contributed by atoms with Crippen molar-refractivity contribution < 1.29 is 9.90 Å². The van der Waals surface area contributed by atoms with Crippen LogP contribution in [0.2, 0.25) is 0 Å². The molecule has 0 heterocycles. The molecule has 3 nitrogen and oxygen atoms in total. The van der Waals surface area contributed by atoms with Crippen LogP contribution >= 0.6 is 67.8 Å². The summed E-state index contributed by atoms with van der Waals surface area (Å²) in [7, 11) is 0. The van der Waals surface area contributed by atoms with Gasteiger partial charge in [0.15, 0.2) is 0 Å². The van der Waals surface area contributed by atoms with Gasteiger partial charge >= 0.3 is 5.97 Å². The molecule has 0 bridgehead atoms. The first-order valence-electron chi connectivity index (χ1n) is 3.11. The molecule has 1 aromatic carbocycles. The lowest BCUT2D eigenvalue weighted by Crippen LogP contribution is -2.08. The summed E-state index contributed by atoms with van der Waals surface area (Å²) in [6.45, 7) is 0. The van der Waals surface area contributed by atoms with E-state index in [4.69, 9.17) is 10.8 Å². The summed E-state index contributed by atoms with van der Waals surface area (Å²) in [6, 6.07) is 1.87. The molecule has 0 saturated carbocycles. The number of halogens is 3. The second-order valence-corrected chi connectivity index (χ2v) is 5.65. The highest BCUT2D eigenvalue weighted by Crippen LogP contribution is 2.29. The summed E-state index contributed by atoms with van der Waals surface area (Å²) in [5.41, 5.74) is 6.21. The lowest BCUT2D eigenvalue weighted by Gasteiger charge is -2.07. The lowest BCUT2D eigenvalue weighted by atomic mass is 10.2. The first-order chi connectivity index (χ1) is 5.95. The number of rotatable bonds is 1. The molecular formula is C7H4I3NO2. The van der Waals surface area contributed by atoms with Gasteiger partial charge < -0.3 is 10.8 Å². The van der Waals surface area contributed by atoms with Gasteiger partial charge in [-0.25, -0.2) is 4.79 Å². The fraction of sp³-hybridized carbons (Fsp3) is 0. The zero-order valence-electron chi connectivity index (χ0n) is 6.14. The fourth-order valence-corrected chi connectivity index (χ4v) is 3.25. The lowest BCUT2D eigenvalue weighted by molar-refractivity contribution is 0.0697. The molecule has 0 aromatic heterocycles. The van der Waals surface area contributed by atoms with Crippen LogP contribution in [0, 0.1) is 10.7 Å². The summed E-state index contributed by atoms with van der Waals surface area (Å²) >= 11 is 6.11. The minimum Gasteiger partial charge on any atom is -0.478 e. The number of nitrogens with two attached hydrogens (primary N) is 1. The van der Waals surface area contributed by atoms with Crippen LogP contribution in [0.5, 0.6) is 0 Å². The van der Waals surface area contributed by atoms with Crippen molar-refractivity contribution in [3.63, 3.8) is 0 Å². The SMILES string of the molecule is Nc1c(I)cc(I)c(I)c1C(=O)O. The summed E-state index contributed by atoms with van der Waals surface area (Å²) in [4.78, 5) is 10.9. The number of carboxylic acid groups (broad SMARTS) is 1. The predicted octanol–water partition coefficient (Wildman–Crippen LogP) is 2.78. The monoisotopic (exact) mass is 515 g/mol. The van der Waals surface area contributed by atoms with Crippen LogP contribution in [0.3, 0.4) is 0 Å². The number of carboxylic acids is 1. The van der Waals surface area contributed by atoms with Gasteiger partial charge in [0.25, 0.3) is 0 Å². The van der Waals surface area contributed by atoms with Crippen molar-refractivity contribution in [3.8, 4) is 0 Å². The average Bonchev–Trinajstić information content (AvgIpc) is 2.01. The van der Waals surface area contributed by atoms with Crippen LogP contribution in [0.25, 0.3) is 0 Å². The average molecular weight is 515 g/mol. The van der Waals surface area contributed by atoms with Crippen molar-refractivity contribution in [2.45, 2.75) is 0 Å². The highest BCUT2D eigenvalue weighted by Gasteiger charge is 2.17. The maximum Gasteiger partial charge on any atom is 0.338 e. The Morgan fingerprint density at radius 2 is 1.85 bits per heavy atom. The summed E-state index contributed by atoms with van der Waals surface area (Å²) in [5.74, 6) is -0.974. The Balaban J connectivity index is 3.56. The van der Waals surface area contributed by atoms with Crippen molar-refractivity contribution in [2.75, 3.05) is 5.73 Å². The van der Waals surface area contributed by atoms with E-state index < -0.39 is 5.97 Å². The summed E-state index contributed by atoms with van der Waals surface area (Å²) in [5, 5.41) is 8.90. The number of hydrogen-bond acceptors (Lipinski definition) is 2. The van der Waals surface area contributed by atoms with E-state index in [0.29, 0.717) is 9.26 Å². The molecule has 70 valence electrons. The molecule has 13 heavy (non-hydrogen) atoms. The highest BCUT2D eigenvalue weighted by molar-refractivity contribution is 14.1. The third-order valence-electron chi connectivity index (χ3n) is 1.42. The van der Waals surface area contributed by atoms with Gasteiger partial charge in [0.1, 0.15) is 0 Å². The molecule has 0 spiro atoms. The number of hydrogen-bond donors (Lipinski definition) is 2. The first-order valence-corrected chi connectivity index (χ1v) is 6.35. The number of nitrogen functional groups attached to an aromatic ring is 1. The van der Waals surface area contributed by atoms with Gasteiger partial charge in [-0.3, -0.25) is 0 Å². The summed E-state index contributed by atoms with van der Waals surface area (Å²) in [6.07, 6.45) is 0. The zero-order chi connectivity index (χ0) is 10.2. The Morgan fingerprint density at radius 3 is 2.31 bits per heavy atom. The third kappa shape index (κ3) is 2.37. The largest absolute Gasteiger partial charge is 0.478 e. The maximum absolute atomic E-state index is 10.9. The van der Waals surface area contributed by atoms with Gasteiger partial charge in [0.05, 0.1) is 11.3 Å². The van der Waals surface area contributed by atoms with Crippen LogP contribution in [0.15, 0.2) is 6.07 Å². The normalized spacial score (nSPS) is 10.1. The van der Waals surface area contributed by atoms with E-state index in [1.807, 2.05) is 51.2 Å². The number of anilines is 1. The van der Waals surface area contributed by atoms with E-state index in [2.05, 4.69) is 22.6 Å². The smallest absolute Gasteiger partial charge is 0.338 e. The van der Waals surface area contributed by atoms with Crippen LogP contribution in [-0.2, 0) is 0 Å². The predicted molar refractivity (Wildman–Crippen MR) is 76.0 cm³/mol. The number of carbonyl (C=O) groups is 1. The van der Waals surface area contributed by atoms with Gasteiger partial charge in [-0.05, 0) is 73.8 Å². The van der Waals surface area contributed by atoms with Crippen molar-refractivity contribution in [2.24, 2.45) is 0 Å². The van der Waals surface area contributed by atoms with Crippen LogP contribution in [0.1, 0.15) is 10.4 Å². The second-order valence-electron chi connectivity index (χ2n) is 2.25. The van der Waals surface area contributed by atoms with E-state index in [-0.39, 0.29) is 5.56 Å². The first kappa shape index (κ1) is 11.8. The molecule has 0 unspecified atom stereocenters. The molecule has 0 amide bonds. The Labute approximate surface area is 116 Å². The van der Waals surface area contributed by atoms with E-state index in [0.717, 1.165) is 7.14 Å². The Morgan fingerprint density at radius 1 is 1.31 bits per heavy atom. The quantitative estimate of drug-likeness (QED) is 0.344.